The van der Waals surface area contributed by atoms with Gasteiger partial charge in [0.05, 0.1) is 30.4 Å². The fourth-order valence-corrected chi connectivity index (χ4v) is 3.16. The Bertz CT molecular complexity index is 1000. The minimum Gasteiger partial charge on any atom is -0.490 e. The molecule has 0 unspecified atom stereocenters. The molecule has 0 aliphatic rings. The van der Waals surface area contributed by atoms with Gasteiger partial charge in [0.15, 0.2) is 10.9 Å². The molecule has 1 N–H and O–H groups in total. The molecule has 9 heteroatoms. The zero-order valence-electron chi connectivity index (χ0n) is 14.5. The summed E-state index contributed by atoms with van der Waals surface area (Å²) < 4.78 is 9.72. The Morgan fingerprint density at radius 1 is 1.22 bits per heavy atom. The van der Waals surface area contributed by atoms with Crippen LogP contribution in [0.5, 0.6) is 5.75 Å². The Labute approximate surface area is 158 Å². The topological polar surface area (TPSA) is 104 Å². The van der Waals surface area contributed by atoms with Crippen molar-refractivity contribution in [3.63, 3.8) is 0 Å². The molecule has 0 bridgehead atoms. The van der Waals surface area contributed by atoms with Gasteiger partial charge < -0.3 is 14.8 Å². The van der Waals surface area contributed by atoms with Crippen molar-refractivity contribution in [2.75, 3.05) is 19.5 Å². The maximum Gasteiger partial charge on any atom is 0.337 e. The molecule has 0 amide bonds. The van der Waals surface area contributed by atoms with E-state index in [9.17, 15) is 14.9 Å². The van der Waals surface area contributed by atoms with Gasteiger partial charge in [-0.25, -0.2) is 9.78 Å². The number of anilines is 2. The molecule has 1 aromatic heterocycles. The quantitative estimate of drug-likeness (QED) is 0.384. The van der Waals surface area contributed by atoms with E-state index in [2.05, 4.69) is 10.3 Å². The predicted molar refractivity (Wildman–Crippen MR) is 102 cm³/mol. The molecule has 27 heavy (non-hydrogen) atoms. The van der Waals surface area contributed by atoms with Gasteiger partial charge in [-0.05, 0) is 30.3 Å². The van der Waals surface area contributed by atoms with Crippen LogP contribution in [-0.2, 0) is 4.74 Å². The van der Waals surface area contributed by atoms with Crippen LogP contribution >= 0.6 is 11.3 Å². The molecule has 3 aromatic rings. The summed E-state index contributed by atoms with van der Waals surface area (Å²) in [5.41, 5.74) is 2.18. The maximum absolute atomic E-state index is 11.6. The molecule has 8 nitrogen and oxygen atoms in total. The Kier molecular flexibility index (Phi) is 5.32. The van der Waals surface area contributed by atoms with E-state index in [1.807, 2.05) is 0 Å². The number of esters is 1. The van der Waals surface area contributed by atoms with E-state index < -0.39 is 10.9 Å². The number of hydrogen-bond acceptors (Lipinski definition) is 8. The van der Waals surface area contributed by atoms with Crippen molar-refractivity contribution >= 4 is 33.8 Å². The van der Waals surface area contributed by atoms with Crippen molar-refractivity contribution in [2.45, 2.75) is 0 Å². The number of nitro groups is 1. The number of rotatable bonds is 6. The second-order valence-corrected chi connectivity index (χ2v) is 6.24. The number of thiazole rings is 1. The van der Waals surface area contributed by atoms with Crippen LogP contribution in [0.15, 0.2) is 47.8 Å². The standard InChI is InChI=1S/C18H15N3O5S/c1-25-16-7-6-11(9-15(16)21(23)24)14-10-27-18(20-14)19-13-5-3-4-12(8-13)17(22)26-2/h3-10H,1-2H3,(H,19,20). The van der Waals surface area contributed by atoms with E-state index in [0.717, 1.165) is 0 Å². The van der Waals surface area contributed by atoms with Crippen molar-refractivity contribution in [1.82, 2.24) is 4.98 Å². The molecule has 138 valence electrons. The normalized spacial score (nSPS) is 10.3. The third kappa shape index (κ3) is 4.04. The van der Waals surface area contributed by atoms with Crippen molar-refractivity contribution in [1.29, 1.82) is 0 Å². The second-order valence-electron chi connectivity index (χ2n) is 5.38. The van der Waals surface area contributed by atoms with Gasteiger partial charge >= 0.3 is 11.7 Å². The highest BCUT2D eigenvalue weighted by molar-refractivity contribution is 7.14. The van der Waals surface area contributed by atoms with Crippen LogP contribution in [0.1, 0.15) is 10.4 Å². The first-order valence-electron chi connectivity index (χ1n) is 7.75. The smallest absolute Gasteiger partial charge is 0.337 e. The highest BCUT2D eigenvalue weighted by Crippen LogP contribution is 2.34. The average Bonchev–Trinajstić information content (AvgIpc) is 3.15. The average molecular weight is 385 g/mol. The van der Waals surface area contributed by atoms with Gasteiger partial charge in [-0.15, -0.1) is 11.3 Å². The number of nitrogens with zero attached hydrogens (tertiary/aromatic N) is 2. The molecule has 0 atom stereocenters. The largest absolute Gasteiger partial charge is 0.490 e. The first kappa shape index (κ1) is 18.3. The van der Waals surface area contributed by atoms with Crippen molar-refractivity contribution < 1.29 is 19.2 Å². The minimum atomic E-state index is -0.494. The Balaban J connectivity index is 1.84. The molecular weight excluding hydrogens is 370 g/mol. The summed E-state index contributed by atoms with van der Waals surface area (Å²) in [6.07, 6.45) is 0. The summed E-state index contributed by atoms with van der Waals surface area (Å²) in [5, 5.41) is 16.7. The number of ether oxygens (including phenoxy) is 2. The SMILES string of the molecule is COC(=O)c1cccc(Nc2nc(-c3ccc(OC)c([N+](=O)[O-])c3)cs2)c1. The number of carbonyl (C=O) groups is 1. The Hall–Kier alpha value is -3.46. The molecule has 0 radical (unpaired) electrons. The van der Waals surface area contributed by atoms with E-state index in [4.69, 9.17) is 9.47 Å². The van der Waals surface area contributed by atoms with Crippen molar-refractivity contribution in [3.05, 3.63) is 63.5 Å². The van der Waals surface area contributed by atoms with Gasteiger partial charge in [-0.1, -0.05) is 6.07 Å². The van der Waals surface area contributed by atoms with Crippen LogP contribution < -0.4 is 10.1 Å². The summed E-state index contributed by atoms with van der Waals surface area (Å²) >= 11 is 1.34. The first-order chi connectivity index (χ1) is 13.0. The van der Waals surface area contributed by atoms with Crippen molar-refractivity contribution in [2.24, 2.45) is 0 Å². The van der Waals surface area contributed by atoms with Crippen LogP contribution in [0.25, 0.3) is 11.3 Å². The molecule has 0 aliphatic carbocycles. The fourth-order valence-electron chi connectivity index (χ4n) is 2.42. The second kappa shape index (κ2) is 7.83. The zero-order chi connectivity index (χ0) is 19.4. The van der Waals surface area contributed by atoms with Gasteiger partial charge in [0.1, 0.15) is 0 Å². The van der Waals surface area contributed by atoms with Crippen LogP contribution in [0.2, 0.25) is 0 Å². The lowest BCUT2D eigenvalue weighted by molar-refractivity contribution is -0.385. The number of carbonyl (C=O) groups excluding carboxylic acids is 1. The van der Waals surface area contributed by atoms with E-state index in [-0.39, 0.29) is 11.4 Å². The summed E-state index contributed by atoms with van der Waals surface area (Å²) in [6.45, 7) is 0. The third-order valence-corrected chi connectivity index (χ3v) is 4.47. The molecule has 0 aliphatic heterocycles. The number of nitrogens with one attached hydrogen (secondary N) is 1. The summed E-state index contributed by atoms with van der Waals surface area (Å²) in [4.78, 5) is 26.8. The maximum atomic E-state index is 11.6. The molecule has 0 spiro atoms. The van der Waals surface area contributed by atoms with Crippen LogP contribution in [0, 0.1) is 10.1 Å². The lowest BCUT2D eigenvalue weighted by atomic mass is 10.1. The molecule has 3 rings (SSSR count). The highest BCUT2D eigenvalue weighted by atomic mass is 32.1. The zero-order valence-corrected chi connectivity index (χ0v) is 15.3. The Morgan fingerprint density at radius 2 is 2.04 bits per heavy atom. The molecule has 0 fully saturated rings. The molecule has 2 aromatic carbocycles. The van der Waals surface area contributed by atoms with Crippen LogP contribution in [0.4, 0.5) is 16.5 Å². The molecule has 0 saturated heterocycles. The van der Waals surface area contributed by atoms with Gasteiger partial charge in [0.25, 0.3) is 0 Å². The summed E-state index contributed by atoms with van der Waals surface area (Å²) in [7, 11) is 2.71. The number of nitro benzene ring substituents is 1. The number of aromatic nitrogens is 1. The lowest BCUT2D eigenvalue weighted by Crippen LogP contribution is -2.01. The van der Waals surface area contributed by atoms with Gasteiger partial charge in [0, 0.05) is 22.7 Å². The van der Waals surface area contributed by atoms with E-state index in [1.54, 1.807) is 41.8 Å². The van der Waals surface area contributed by atoms with Gasteiger partial charge in [-0.2, -0.15) is 0 Å². The van der Waals surface area contributed by atoms with E-state index in [1.165, 1.54) is 31.6 Å². The minimum absolute atomic E-state index is 0.122. The summed E-state index contributed by atoms with van der Waals surface area (Å²) in [6, 6.07) is 11.5. The third-order valence-electron chi connectivity index (χ3n) is 3.71. The highest BCUT2D eigenvalue weighted by Gasteiger charge is 2.17. The first-order valence-corrected chi connectivity index (χ1v) is 8.63. The van der Waals surface area contributed by atoms with E-state index >= 15 is 0 Å². The Morgan fingerprint density at radius 3 is 2.74 bits per heavy atom. The number of hydrogen-bond donors (Lipinski definition) is 1. The number of methoxy groups -OCH3 is 2. The predicted octanol–water partition coefficient (Wildman–Crippen LogP) is 4.26. The monoisotopic (exact) mass is 385 g/mol. The van der Waals surface area contributed by atoms with E-state index in [0.29, 0.717) is 27.6 Å². The molecule has 0 saturated carbocycles. The molecular formula is C18H15N3O5S. The van der Waals surface area contributed by atoms with Gasteiger partial charge in [-0.3, -0.25) is 10.1 Å². The van der Waals surface area contributed by atoms with Crippen LogP contribution in [0.3, 0.4) is 0 Å². The lowest BCUT2D eigenvalue weighted by Gasteiger charge is -2.05. The van der Waals surface area contributed by atoms with Crippen molar-refractivity contribution in [3.8, 4) is 17.0 Å². The fraction of sp³-hybridized carbons (Fsp3) is 0.111. The van der Waals surface area contributed by atoms with Crippen LogP contribution in [-0.4, -0.2) is 30.1 Å². The number of benzene rings is 2. The molecule has 1 heterocycles. The summed E-state index contributed by atoms with van der Waals surface area (Å²) in [5.74, 6) is -0.235. The van der Waals surface area contributed by atoms with Gasteiger partial charge in [0.2, 0.25) is 0 Å².